The lowest BCUT2D eigenvalue weighted by molar-refractivity contribution is -0.143. The third kappa shape index (κ3) is 7.78. The van der Waals surface area contributed by atoms with Crippen LogP contribution in [0.5, 0.6) is 0 Å². The number of nitrogens with one attached hydrogen (secondary N) is 1. The number of hydrogen-bond donors (Lipinski definition) is 1. The molecule has 0 amide bonds. The van der Waals surface area contributed by atoms with Gasteiger partial charge in [-0.25, -0.2) is 0 Å². The molecule has 1 atom stereocenters. The van der Waals surface area contributed by atoms with Crippen LogP contribution in [-0.4, -0.2) is 25.2 Å². The molecule has 0 aliphatic rings. The predicted molar refractivity (Wildman–Crippen MR) is 53.6 cm³/mol. The molecule has 0 aromatic rings. The lowest BCUT2D eigenvalue weighted by Crippen LogP contribution is -2.29. The zero-order chi connectivity index (χ0) is 10.1. The van der Waals surface area contributed by atoms with Gasteiger partial charge in [0.1, 0.15) is 0 Å². The quantitative estimate of drug-likeness (QED) is 0.487. The Labute approximate surface area is 80.8 Å². The molecule has 0 rings (SSSR count). The van der Waals surface area contributed by atoms with Gasteiger partial charge in [-0.15, -0.1) is 0 Å². The van der Waals surface area contributed by atoms with E-state index in [1.807, 2.05) is 13.8 Å². The normalized spacial score (nSPS) is 12.5. The first-order valence-corrected chi connectivity index (χ1v) is 5.09. The smallest absolute Gasteiger partial charge is 0.307 e. The fraction of sp³-hybridized carbons (Fsp3) is 0.900. The number of hydrogen-bond acceptors (Lipinski definition) is 3. The van der Waals surface area contributed by atoms with Crippen molar-refractivity contribution >= 4 is 5.97 Å². The SMILES string of the molecule is CCCCNC(C)CC(=O)OCC. The van der Waals surface area contributed by atoms with Crippen LogP contribution in [0.3, 0.4) is 0 Å². The molecule has 1 unspecified atom stereocenters. The summed E-state index contributed by atoms with van der Waals surface area (Å²) in [4.78, 5) is 11.0. The first-order valence-electron chi connectivity index (χ1n) is 5.09. The van der Waals surface area contributed by atoms with Gasteiger partial charge in [0, 0.05) is 6.04 Å². The van der Waals surface area contributed by atoms with Crippen LogP contribution in [0.4, 0.5) is 0 Å². The molecular formula is C10H21NO2. The largest absolute Gasteiger partial charge is 0.466 e. The number of esters is 1. The van der Waals surface area contributed by atoms with Gasteiger partial charge in [0.25, 0.3) is 0 Å². The number of carbonyl (C=O) groups is 1. The predicted octanol–water partition coefficient (Wildman–Crippen LogP) is 1.72. The van der Waals surface area contributed by atoms with Crippen LogP contribution in [-0.2, 0) is 9.53 Å². The van der Waals surface area contributed by atoms with Crippen molar-refractivity contribution in [2.75, 3.05) is 13.2 Å². The van der Waals surface area contributed by atoms with Crippen LogP contribution < -0.4 is 5.32 Å². The van der Waals surface area contributed by atoms with Crippen molar-refractivity contribution in [2.24, 2.45) is 0 Å². The molecule has 0 aromatic heterocycles. The molecule has 0 aliphatic carbocycles. The highest BCUT2D eigenvalue weighted by Gasteiger charge is 2.07. The van der Waals surface area contributed by atoms with Crippen molar-refractivity contribution in [3.8, 4) is 0 Å². The molecule has 3 heteroatoms. The van der Waals surface area contributed by atoms with Gasteiger partial charge >= 0.3 is 5.97 Å². The Morgan fingerprint density at radius 1 is 1.46 bits per heavy atom. The maximum atomic E-state index is 11.0. The summed E-state index contributed by atoms with van der Waals surface area (Å²) in [5.74, 6) is -0.112. The van der Waals surface area contributed by atoms with Crippen LogP contribution in [0.2, 0.25) is 0 Å². The summed E-state index contributed by atoms with van der Waals surface area (Å²) < 4.78 is 4.84. The number of carbonyl (C=O) groups excluding carboxylic acids is 1. The van der Waals surface area contributed by atoms with Crippen LogP contribution >= 0.6 is 0 Å². The summed E-state index contributed by atoms with van der Waals surface area (Å²) in [6.45, 7) is 7.44. The van der Waals surface area contributed by atoms with E-state index in [-0.39, 0.29) is 12.0 Å². The van der Waals surface area contributed by atoms with E-state index in [1.165, 1.54) is 6.42 Å². The van der Waals surface area contributed by atoms with Gasteiger partial charge in [-0.3, -0.25) is 4.79 Å². The number of ether oxygens (including phenoxy) is 1. The fourth-order valence-electron chi connectivity index (χ4n) is 1.07. The van der Waals surface area contributed by atoms with E-state index in [9.17, 15) is 4.79 Å². The van der Waals surface area contributed by atoms with Crippen molar-refractivity contribution in [3.05, 3.63) is 0 Å². The van der Waals surface area contributed by atoms with Crippen LogP contribution in [0, 0.1) is 0 Å². The monoisotopic (exact) mass is 187 g/mol. The van der Waals surface area contributed by atoms with Gasteiger partial charge in [-0.2, -0.15) is 0 Å². The van der Waals surface area contributed by atoms with E-state index >= 15 is 0 Å². The van der Waals surface area contributed by atoms with Crippen molar-refractivity contribution in [2.45, 2.75) is 46.1 Å². The van der Waals surface area contributed by atoms with Crippen molar-refractivity contribution in [3.63, 3.8) is 0 Å². The lowest BCUT2D eigenvalue weighted by Gasteiger charge is -2.12. The molecule has 0 fully saturated rings. The highest BCUT2D eigenvalue weighted by Crippen LogP contribution is 1.94. The summed E-state index contributed by atoms with van der Waals surface area (Å²) in [7, 11) is 0. The van der Waals surface area contributed by atoms with Gasteiger partial charge in [-0.1, -0.05) is 13.3 Å². The second-order valence-electron chi connectivity index (χ2n) is 3.22. The second-order valence-corrected chi connectivity index (χ2v) is 3.22. The van der Waals surface area contributed by atoms with Gasteiger partial charge in [0.05, 0.1) is 13.0 Å². The van der Waals surface area contributed by atoms with Gasteiger partial charge in [-0.05, 0) is 26.8 Å². The highest BCUT2D eigenvalue weighted by atomic mass is 16.5. The summed E-state index contributed by atoms with van der Waals surface area (Å²) in [6.07, 6.45) is 2.81. The van der Waals surface area contributed by atoms with E-state index in [0.717, 1.165) is 13.0 Å². The molecule has 0 heterocycles. The first kappa shape index (κ1) is 12.4. The highest BCUT2D eigenvalue weighted by molar-refractivity contribution is 5.69. The van der Waals surface area contributed by atoms with Gasteiger partial charge in [0.15, 0.2) is 0 Å². The first-order chi connectivity index (χ1) is 6.20. The van der Waals surface area contributed by atoms with Crippen LogP contribution in [0.1, 0.15) is 40.0 Å². The average Bonchev–Trinajstić information content (AvgIpc) is 2.05. The number of rotatable bonds is 7. The fourth-order valence-corrected chi connectivity index (χ4v) is 1.07. The van der Waals surface area contributed by atoms with E-state index in [4.69, 9.17) is 4.74 Å². The topological polar surface area (TPSA) is 38.3 Å². The molecule has 0 saturated carbocycles. The molecular weight excluding hydrogens is 166 g/mol. The van der Waals surface area contributed by atoms with E-state index in [1.54, 1.807) is 0 Å². The molecule has 3 nitrogen and oxygen atoms in total. The second kappa shape index (κ2) is 8.05. The van der Waals surface area contributed by atoms with E-state index < -0.39 is 0 Å². The van der Waals surface area contributed by atoms with Crippen molar-refractivity contribution < 1.29 is 9.53 Å². The zero-order valence-electron chi connectivity index (χ0n) is 8.93. The average molecular weight is 187 g/mol. The zero-order valence-corrected chi connectivity index (χ0v) is 8.93. The lowest BCUT2D eigenvalue weighted by atomic mass is 10.2. The van der Waals surface area contributed by atoms with Crippen LogP contribution in [0.15, 0.2) is 0 Å². The Morgan fingerprint density at radius 2 is 2.15 bits per heavy atom. The minimum atomic E-state index is -0.112. The summed E-state index contributed by atoms with van der Waals surface area (Å²) in [5.41, 5.74) is 0. The molecule has 1 N–H and O–H groups in total. The molecule has 13 heavy (non-hydrogen) atoms. The molecule has 0 spiro atoms. The van der Waals surface area contributed by atoms with Gasteiger partial charge < -0.3 is 10.1 Å². The maximum Gasteiger partial charge on any atom is 0.307 e. The van der Waals surface area contributed by atoms with Crippen molar-refractivity contribution in [1.29, 1.82) is 0 Å². The Hall–Kier alpha value is -0.570. The standard InChI is InChI=1S/C10H21NO2/c1-4-6-7-11-9(3)8-10(12)13-5-2/h9,11H,4-8H2,1-3H3. The van der Waals surface area contributed by atoms with E-state index in [2.05, 4.69) is 12.2 Å². The summed E-state index contributed by atoms with van der Waals surface area (Å²) in [6, 6.07) is 0.227. The van der Waals surface area contributed by atoms with Gasteiger partial charge in [0.2, 0.25) is 0 Å². The number of unbranched alkanes of at least 4 members (excludes halogenated alkanes) is 1. The summed E-state index contributed by atoms with van der Waals surface area (Å²) >= 11 is 0. The molecule has 78 valence electrons. The molecule has 0 aromatic carbocycles. The Kier molecular flexibility index (Phi) is 7.69. The van der Waals surface area contributed by atoms with Crippen molar-refractivity contribution in [1.82, 2.24) is 5.32 Å². The Morgan fingerprint density at radius 3 is 2.69 bits per heavy atom. The third-order valence-corrected chi connectivity index (χ3v) is 1.80. The van der Waals surface area contributed by atoms with Crippen LogP contribution in [0.25, 0.3) is 0 Å². The van der Waals surface area contributed by atoms with E-state index in [0.29, 0.717) is 13.0 Å². The maximum absolute atomic E-state index is 11.0. The minimum absolute atomic E-state index is 0.112. The summed E-state index contributed by atoms with van der Waals surface area (Å²) in [5, 5.41) is 3.27. The molecule has 0 bridgehead atoms. The molecule has 0 aliphatic heterocycles. The Balaban J connectivity index is 3.38. The third-order valence-electron chi connectivity index (χ3n) is 1.80. The molecule has 0 saturated heterocycles. The Bertz CT molecular complexity index is 137. The molecule has 0 radical (unpaired) electrons. The minimum Gasteiger partial charge on any atom is -0.466 e.